The molecule has 2 aromatic rings. The fourth-order valence-corrected chi connectivity index (χ4v) is 2.96. The maximum atomic E-state index is 14.4. The molecule has 2 N–H and O–H groups in total. The number of rotatable bonds is 4. The van der Waals surface area contributed by atoms with Crippen molar-refractivity contribution in [3.63, 3.8) is 0 Å². The van der Waals surface area contributed by atoms with Crippen LogP contribution < -0.4 is 15.4 Å². The van der Waals surface area contributed by atoms with E-state index in [4.69, 9.17) is 4.74 Å². The minimum Gasteiger partial charge on any atom is -0.497 e. The average Bonchev–Trinajstić information content (AvgIpc) is 2.62. The van der Waals surface area contributed by atoms with E-state index >= 15 is 0 Å². The zero-order valence-electron chi connectivity index (χ0n) is 13.9. The lowest BCUT2D eigenvalue weighted by atomic mass is 10.0. The van der Waals surface area contributed by atoms with Crippen LogP contribution >= 0.6 is 0 Å². The maximum Gasteiger partial charge on any atom is 0.254 e. The number of benzene rings is 2. The van der Waals surface area contributed by atoms with Crippen molar-refractivity contribution in [2.45, 2.75) is 18.9 Å². The molecule has 1 aliphatic heterocycles. The third-order valence-corrected chi connectivity index (χ3v) is 4.33. The molecule has 4 nitrogen and oxygen atoms in total. The molecular formula is C19H20F2N2O2. The number of hydrogen-bond acceptors (Lipinski definition) is 3. The lowest BCUT2D eigenvalue weighted by Crippen LogP contribution is -2.45. The Bertz CT molecular complexity index is 774. The summed E-state index contributed by atoms with van der Waals surface area (Å²) in [5.41, 5.74) is 0.583. The normalized spacial score (nSPS) is 17.2. The van der Waals surface area contributed by atoms with E-state index in [2.05, 4.69) is 10.6 Å². The molecule has 6 heteroatoms. The van der Waals surface area contributed by atoms with Gasteiger partial charge in [-0.25, -0.2) is 8.78 Å². The van der Waals surface area contributed by atoms with Gasteiger partial charge in [0.25, 0.3) is 5.91 Å². The highest BCUT2D eigenvalue weighted by Gasteiger charge is 2.19. The van der Waals surface area contributed by atoms with Gasteiger partial charge in [-0.15, -0.1) is 0 Å². The molecular weight excluding hydrogens is 326 g/mol. The van der Waals surface area contributed by atoms with Gasteiger partial charge in [0.1, 0.15) is 17.4 Å². The molecule has 0 saturated carbocycles. The minimum absolute atomic E-state index is 0.000593. The zero-order valence-corrected chi connectivity index (χ0v) is 13.9. The lowest BCUT2D eigenvalue weighted by Gasteiger charge is -2.23. The Morgan fingerprint density at radius 1 is 1.20 bits per heavy atom. The van der Waals surface area contributed by atoms with Crippen LogP contribution in [-0.4, -0.2) is 32.1 Å². The van der Waals surface area contributed by atoms with E-state index in [1.165, 1.54) is 31.4 Å². The summed E-state index contributed by atoms with van der Waals surface area (Å²) in [6.45, 7) is 1.62. The van der Waals surface area contributed by atoms with E-state index < -0.39 is 17.5 Å². The average molecular weight is 346 g/mol. The van der Waals surface area contributed by atoms with Crippen LogP contribution in [0.4, 0.5) is 8.78 Å². The molecule has 1 fully saturated rings. The number of carbonyl (C=O) groups excluding carboxylic acids is 1. The Labute approximate surface area is 145 Å². The van der Waals surface area contributed by atoms with Gasteiger partial charge in [-0.1, -0.05) is 6.07 Å². The first-order valence-electron chi connectivity index (χ1n) is 8.23. The number of nitrogens with one attached hydrogen (secondary N) is 2. The van der Waals surface area contributed by atoms with Crippen LogP contribution in [0, 0.1) is 11.6 Å². The molecule has 1 saturated heterocycles. The van der Waals surface area contributed by atoms with Crippen molar-refractivity contribution in [3.05, 3.63) is 53.6 Å². The van der Waals surface area contributed by atoms with Gasteiger partial charge in [0, 0.05) is 24.2 Å². The number of ether oxygens (including phenoxy) is 1. The van der Waals surface area contributed by atoms with Crippen molar-refractivity contribution in [2.24, 2.45) is 0 Å². The maximum absolute atomic E-state index is 14.4. The third kappa shape index (κ3) is 3.96. The highest BCUT2D eigenvalue weighted by molar-refractivity contribution is 5.95. The van der Waals surface area contributed by atoms with E-state index in [-0.39, 0.29) is 17.2 Å². The summed E-state index contributed by atoms with van der Waals surface area (Å²) in [5, 5.41) is 6.02. The van der Waals surface area contributed by atoms with E-state index in [0.29, 0.717) is 17.9 Å². The molecule has 132 valence electrons. The monoisotopic (exact) mass is 346 g/mol. The molecule has 1 amide bonds. The summed E-state index contributed by atoms with van der Waals surface area (Å²) in [5.74, 6) is -1.25. The molecule has 0 aliphatic carbocycles. The Balaban J connectivity index is 1.79. The standard InChI is InChI=1S/C19H20F2N2O2/c1-25-14-5-7-15(18(21)10-14)12-4-6-16(17(20)9-12)19(24)23-13-3-2-8-22-11-13/h4-7,9-10,13,22H,2-3,8,11H2,1H3,(H,23,24). The zero-order chi connectivity index (χ0) is 17.8. The van der Waals surface area contributed by atoms with Gasteiger partial charge in [0.15, 0.2) is 0 Å². The Kier molecular flexibility index (Phi) is 5.28. The van der Waals surface area contributed by atoms with Crippen molar-refractivity contribution < 1.29 is 18.3 Å². The van der Waals surface area contributed by atoms with Crippen LogP contribution in [0.2, 0.25) is 0 Å². The van der Waals surface area contributed by atoms with Crippen LogP contribution in [0.5, 0.6) is 5.75 Å². The quantitative estimate of drug-likeness (QED) is 0.894. The van der Waals surface area contributed by atoms with Gasteiger partial charge in [0.05, 0.1) is 12.7 Å². The van der Waals surface area contributed by atoms with Crippen LogP contribution in [-0.2, 0) is 0 Å². The van der Waals surface area contributed by atoms with Crippen LogP contribution in [0.3, 0.4) is 0 Å². The topological polar surface area (TPSA) is 50.4 Å². The molecule has 0 aromatic heterocycles. The van der Waals surface area contributed by atoms with Crippen LogP contribution in [0.15, 0.2) is 36.4 Å². The highest BCUT2D eigenvalue weighted by atomic mass is 19.1. The molecule has 3 rings (SSSR count). The van der Waals surface area contributed by atoms with Crippen molar-refractivity contribution in [3.8, 4) is 16.9 Å². The number of halogens is 2. The second-order valence-electron chi connectivity index (χ2n) is 6.06. The number of methoxy groups -OCH3 is 1. The Morgan fingerprint density at radius 2 is 2.04 bits per heavy atom. The summed E-state index contributed by atoms with van der Waals surface area (Å²) < 4.78 is 33.5. The molecule has 1 atom stereocenters. The number of hydrogen-bond donors (Lipinski definition) is 2. The van der Waals surface area contributed by atoms with Gasteiger partial charge < -0.3 is 15.4 Å². The van der Waals surface area contributed by atoms with Gasteiger partial charge in [-0.3, -0.25) is 4.79 Å². The first kappa shape index (κ1) is 17.4. The number of piperidine rings is 1. The van der Waals surface area contributed by atoms with E-state index in [1.54, 1.807) is 12.1 Å². The molecule has 0 radical (unpaired) electrons. The summed E-state index contributed by atoms with van der Waals surface area (Å²) in [6, 6.07) is 8.48. The molecule has 25 heavy (non-hydrogen) atoms. The summed E-state index contributed by atoms with van der Waals surface area (Å²) in [6.07, 6.45) is 1.85. The fourth-order valence-electron chi connectivity index (χ4n) is 2.96. The first-order chi connectivity index (χ1) is 12.1. The SMILES string of the molecule is COc1ccc(-c2ccc(C(=O)NC3CCCNC3)c(F)c2)c(F)c1. The van der Waals surface area contributed by atoms with Crippen molar-refractivity contribution in [1.29, 1.82) is 0 Å². The molecule has 2 aromatic carbocycles. The summed E-state index contributed by atoms with van der Waals surface area (Å²) in [4.78, 5) is 12.3. The third-order valence-electron chi connectivity index (χ3n) is 4.33. The van der Waals surface area contributed by atoms with Crippen molar-refractivity contribution in [1.82, 2.24) is 10.6 Å². The predicted octanol–water partition coefficient (Wildman–Crippen LogP) is 3.12. The number of carbonyl (C=O) groups is 1. The molecule has 0 bridgehead atoms. The predicted molar refractivity (Wildman–Crippen MR) is 91.7 cm³/mol. The molecule has 1 aliphatic rings. The van der Waals surface area contributed by atoms with Gasteiger partial charge in [-0.05, 0) is 49.2 Å². The smallest absolute Gasteiger partial charge is 0.254 e. The first-order valence-corrected chi connectivity index (χ1v) is 8.23. The van der Waals surface area contributed by atoms with Crippen LogP contribution in [0.1, 0.15) is 23.2 Å². The summed E-state index contributed by atoms with van der Waals surface area (Å²) >= 11 is 0. The van der Waals surface area contributed by atoms with Crippen LogP contribution in [0.25, 0.3) is 11.1 Å². The van der Waals surface area contributed by atoms with Crippen molar-refractivity contribution >= 4 is 5.91 Å². The van der Waals surface area contributed by atoms with E-state index in [1.807, 2.05) is 0 Å². The fraction of sp³-hybridized carbons (Fsp3) is 0.316. The van der Waals surface area contributed by atoms with Crippen molar-refractivity contribution in [2.75, 3.05) is 20.2 Å². The second kappa shape index (κ2) is 7.61. The Hall–Kier alpha value is -2.47. The van der Waals surface area contributed by atoms with E-state index in [0.717, 1.165) is 19.4 Å². The van der Waals surface area contributed by atoms with Gasteiger partial charge in [-0.2, -0.15) is 0 Å². The lowest BCUT2D eigenvalue weighted by molar-refractivity contribution is 0.0926. The molecule has 1 heterocycles. The number of amides is 1. The largest absolute Gasteiger partial charge is 0.497 e. The minimum atomic E-state index is -0.672. The Morgan fingerprint density at radius 3 is 2.68 bits per heavy atom. The van der Waals surface area contributed by atoms with Gasteiger partial charge in [0.2, 0.25) is 0 Å². The summed E-state index contributed by atoms with van der Waals surface area (Å²) in [7, 11) is 1.45. The van der Waals surface area contributed by atoms with E-state index in [9.17, 15) is 13.6 Å². The molecule has 1 unspecified atom stereocenters. The highest BCUT2D eigenvalue weighted by Crippen LogP contribution is 2.27. The second-order valence-corrected chi connectivity index (χ2v) is 6.06. The molecule has 0 spiro atoms. The van der Waals surface area contributed by atoms with Gasteiger partial charge >= 0.3 is 0 Å².